The first kappa shape index (κ1) is 9.30. The first-order valence-corrected chi connectivity index (χ1v) is 4.40. The Bertz CT molecular complexity index is 255. The Hall–Kier alpha value is -0.790. The minimum Gasteiger partial charge on any atom is -0.338 e. The third-order valence-electron chi connectivity index (χ3n) is 2.54. The van der Waals surface area contributed by atoms with Crippen LogP contribution in [0.1, 0.15) is 39.4 Å². The standard InChI is InChI=1S/C10H18N2/c1-8(10(2,3)4)9-11-6-7-12(9)5/h6-8H,1-5H3. The highest BCUT2D eigenvalue weighted by Gasteiger charge is 2.24. The molecule has 68 valence electrons. The van der Waals surface area contributed by atoms with Crippen LogP contribution in [0.5, 0.6) is 0 Å². The lowest BCUT2D eigenvalue weighted by atomic mass is 9.81. The number of aryl methyl sites for hydroxylation is 1. The van der Waals surface area contributed by atoms with Crippen molar-refractivity contribution in [3.8, 4) is 0 Å². The molecule has 0 fully saturated rings. The van der Waals surface area contributed by atoms with Crippen LogP contribution in [0.2, 0.25) is 0 Å². The van der Waals surface area contributed by atoms with Crippen molar-refractivity contribution >= 4 is 0 Å². The molecule has 1 aromatic rings. The molecule has 0 aromatic carbocycles. The van der Waals surface area contributed by atoms with E-state index in [1.807, 2.05) is 19.4 Å². The molecular formula is C10H18N2. The molecule has 0 aliphatic rings. The lowest BCUT2D eigenvalue weighted by Crippen LogP contribution is -2.18. The van der Waals surface area contributed by atoms with Crippen molar-refractivity contribution < 1.29 is 0 Å². The van der Waals surface area contributed by atoms with E-state index in [0.29, 0.717) is 11.3 Å². The van der Waals surface area contributed by atoms with Gasteiger partial charge in [-0.2, -0.15) is 0 Å². The van der Waals surface area contributed by atoms with Crippen molar-refractivity contribution in [1.29, 1.82) is 0 Å². The number of hydrogen-bond acceptors (Lipinski definition) is 1. The maximum Gasteiger partial charge on any atom is 0.111 e. The van der Waals surface area contributed by atoms with Crippen LogP contribution in [-0.2, 0) is 7.05 Å². The van der Waals surface area contributed by atoms with Gasteiger partial charge in [-0.25, -0.2) is 4.98 Å². The fourth-order valence-electron chi connectivity index (χ4n) is 1.18. The van der Waals surface area contributed by atoms with E-state index in [2.05, 4.69) is 37.2 Å². The van der Waals surface area contributed by atoms with Crippen LogP contribution in [0.25, 0.3) is 0 Å². The van der Waals surface area contributed by atoms with Gasteiger partial charge in [0.05, 0.1) is 0 Å². The molecule has 1 rings (SSSR count). The minimum atomic E-state index is 0.291. The topological polar surface area (TPSA) is 17.8 Å². The van der Waals surface area contributed by atoms with E-state index in [-0.39, 0.29) is 0 Å². The molecule has 0 radical (unpaired) electrons. The van der Waals surface area contributed by atoms with Gasteiger partial charge in [0.15, 0.2) is 0 Å². The molecule has 2 nitrogen and oxygen atoms in total. The van der Waals surface area contributed by atoms with Crippen LogP contribution in [-0.4, -0.2) is 9.55 Å². The predicted molar refractivity (Wildman–Crippen MR) is 51.1 cm³/mol. The van der Waals surface area contributed by atoms with Crippen molar-refractivity contribution in [3.63, 3.8) is 0 Å². The van der Waals surface area contributed by atoms with Crippen molar-refractivity contribution in [2.24, 2.45) is 12.5 Å². The first-order chi connectivity index (χ1) is 5.43. The summed E-state index contributed by atoms with van der Waals surface area (Å²) in [6.07, 6.45) is 3.86. The summed E-state index contributed by atoms with van der Waals surface area (Å²) in [6.45, 7) is 8.95. The monoisotopic (exact) mass is 166 g/mol. The highest BCUT2D eigenvalue weighted by atomic mass is 15.0. The first-order valence-electron chi connectivity index (χ1n) is 4.40. The third-order valence-corrected chi connectivity index (χ3v) is 2.54. The van der Waals surface area contributed by atoms with Gasteiger partial charge in [0.2, 0.25) is 0 Å². The van der Waals surface area contributed by atoms with Gasteiger partial charge < -0.3 is 4.57 Å². The van der Waals surface area contributed by atoms with Gasteiger partial charge in [-0.3, -0.25) is 0 Å². The van der Waals surface area contributed by atoms with Crippen LogP contribution in [0.4, 0.5) is 0 Å². The summed E-state index contributed by atoms with van der Waals surface area (Å²) in [5.74, 6) is 1.67. The van der Waals surface area contributed by atoms with Crippen molar-refractivity contribution in [1.82, 2.24) is 9.55 Å². The van der Waals surface area contributed by atoms with Gasteiger partial charge in [0.1, 0.15) is 5.82 Å². The number of nitrogens with zero attached hydrogens (tertiary/aromatic N) is 2. The zero-order chi connectivity index (χ0) is 9.35. The van der Waals surface area contributed by atoms with E-state index in [9.17, 15) is 0 Å². The van der Waals surface area contributed by atoms with Gasteiger partial charge in [-0.05, 0) is 5.41 Å². The molecular weight excluding hydrogens is 148 g/mol. The van der Waals surface area contributed by atoms with Crippen LogP contribution in [0.3, 0.4) is 0 Å². The molecule has 0 N–H and O–H groups in total. The van der Waals surface area contributed by atoms with E-state index in [0.717, 1.165) is 0 Å². The van der Waals surface area contributed by atoms with Crippen molar-refractivity contribution in [2.75, 3.05) is 0 Å². The second-order valence-electron chi connectivity index (χ2n) is 4.48. The van der Waals surface area contributed by atoms with Crippen LogP contribution >= 0.6 is 0 Å². The molecule has 1 unspecified atom stereocenters. The van der Waals surface area contributed by atoms with Gasteiger partial charge in [-0.1, -0.05) is 27.7 Å². The highest BCUT2D eigenvalue weighted by Crippen LogP contribution is 2.32. The SMILES string of the molecule is CC(c1nccn1C)C(C)(C)C. The molecule has 12 heavy (non-hydrogen) atoms. The maximum absolute atomic E-state index is 4.35. The van der Waals surface area contributed by atoms with Crippen LogP contribution in [0, 0.1) is 5.41 Å². The largest absolute Gasteiger partial charge is 0.338 e. The quantitative estimate of drug-likeness (QED) is 0.627. The minimum absolute atomic E-state index is 0.291. The summed E-state index contributed by atoms with van der Waals surface area (Å²) < 4.78 is 2.09. The Morgan fingerprint density at radius 2 is 2.00 bits per heavy atom. The fourth-order valence-corrected chi connectivity index (χ4v) is 1.18. The average Bonchev–Trinajstić information content (AvgIpc) is 2.31. The zero-order valence-electron chi connectivity index (χ0n) is 8.63. The average molecular weight is 166 g/mol. The number of aromatic nitrogens is 2. The molecule has 1 aromatic heterocycles. The summed E-state index contributed by atoms with van der Waals surface area (Å²) >= 11 is 0. The molecule has 1 atom stereocenters. The van der Waals surface area contributed by atoms with Crippen LogP contribution < -0.4 is 0 Å². The zero-order valence-corrected chi connectivity index (χ0v) is 8.63. The van der Waals surface area contributed by atoms with Crippen molar-refractivity contribution in [2.45, 2.75) is 33.6 Å². The third kappa shape index (κ3) is 1.68. The summed E-state index contributed by atoms with van der Waals surface area (Å²) in [6, 6.07) is 0. The molecule has 0 bridgehead atoms. The van der Waals surface area contributed by atoms with Gasteiger partial charge >= 0.3 is 0 Å². The number of hydrogen-bond donors (Lipinski definition) is 0. The lowest BCUT2D eigenvalue weighted by Gasteiger charge is -2.26. The number of rotatable bonds is 1. The Morgan fingerprint density at radius 3 is 2.33 bits per heavy atom. The molecule has 1 heterocycles. The molecule has 0 saturated carbocycles. The predicted octanol–water partition coefficient (Wildman–Crippen LogP) is 2.57. The van der Waals surface area contributed by atoms with E-state index in [4.69, 9.17) is 0 Å². The maximum atomic E-state index is 4.35. The Balaban J connectivity index is 2.92. The van der Waals surface area contributed by atoms with Crippen molar-refractivity contribution in [3.05, 3.63) is 18.2 Å². The summed E-state index contributed by atoms with van der Waals surface area (Å²) in [4.78, 5) is 4.35. The molecule has 0 aliphatic heterocycles. The lowest BCUT2D eigenvalue weighted by molar-refractivity contribution is 0.323. The molecule has 0 spiro atoms. The van der Waals surface area contributed by atoms with E-state index in [1.54, 1.807) is 0 Å². The highest BCUT2D eigenvalue weighted by molar-refractivity contribution is 5.02. The summed E-state index contributed by atoms with van der Waals surface area (Å²) in [5, 5.41) is 0. The smallest absolute Gasteiger partial charge is 0.111 e. The van der Waals surface area contributed by atoms with E-state index >= 15 is 0 Å². The summed E-state index contributed by atoms with van der Waals surface area (Å²) in [7, 11) is 2.05. The Labute approximate surface area is 74.6 Å². The number of imidazole rings is 1. The van der Waals surface area contributed by atoms with Gasteiger partial charge in [0.25, 0.3) is 0 Å². The van der Waals surface area contributed by atoms with E-state index in [1.165, 1.54) is 5.82 Å². The second kappa shape index (κ2) is 2.92. The molecule has 0 saturated heterocycles. The normalized spacial score (nSPS) is 14.8. The Kier molecular flexibility index (Phi) is 2.27. The molecule has 2 heteroatoms. The molecule has 0 aliphatic carbocycles. The second-order valence-corrected chi connectivity index (χ2v) is 4.48. The summed E-state index contributed by atoms with van der Waals surface area (Å²) in [5.41, 5.74) is 0.291. The fraction of sp³-hybridized carbons (Fsp3) is 0.700. The Morgan fingerprint density at radius 1 is 1.42 bits per heavy atom. The van der Waals surface area contributed by atoms with Crippen LogP contribution in [0.15, 0.2) is 12.4 Å². The van der Waals surface area contributed by atoms with Gasteiger partial charge in [0, 0.05) is 25.4 Å². The van der Waals surface area contributed by atoms with Gasteiger partial charge in [-0.15, -0.1) is 0 Å². The van der Waals surface area contributed by atoms with E-state index < -0.39 is 0 Å². The molecule has 0 amide bonds.